The van der Waals surface area contributed by atoms with E-state index < -0.39 is 0 Å². The van der Waals surface area contributed by atoms with E-state index in [0.29, 0.717) is 5.84 Å². The summed E-state index contributed by atoms with van der Waals surface area (Å²) >= 11 is 0. The first-order valence-corrected chi connectivity index (χ1v) is 6.15. The summed E-state index contributed by atoms with van der Waals surface area (Å²) < 4.78 is 0. The molecule has 0 fully saturated rings. The molecule has 1 aromatic carbocycles. The number of fused-ring (bicyclic) bond motifs is 1. The minimum absolute atomic E-state index is 0.648. The number of nitrogens with one attached hydrogen (secondary N) is 1. The fraction of sp³-hybridized carbons (Fsp3) is 0.200. The second-order valence-electron chi connectivity index (χ2n) is 4.54. The molecule has 1 aromatic heterocycles. The summed E-state index contributed by atoms with van der Waals surface area (Å²) in [5, 5.41) is 8.16. The number of nitrogens with zero attached hydrogens (tertiary/aromatic N) is 2. The van der Waals surface area contributed by atoms with E-state index in [1.54, 1.807) is 6.20 Å². The summed E-state index contributed by atoms with van der Waals surface area (Å²) in [6.45, 7) is 1.73. The van der Waals surface area contributed by atoms with Gasteiger partial charge in [0.05, 0.1) is 0 Å². The van der Waals surface area contributed by atoms with E-state index in [1.807, 2.05) is 30.5 Å². The van der Waals surface area contributed by atoms with Gasteiger partial charge in [0.2, 0.25) is 0 Å². The van der Waals surface area contributed by atoms with Gasteiger partial charge in [-0.1, -0.05) is 30.3 Å². The highest BCUT2D eigenvalue weighted by atomic mass is 15.2. The molecule has 0 saturated carbocycles. The van der Waals surface area contributed by atoms with E-state index >= 15 is 0 Å². The van der Waals surface area contributed by atoms with Crippen molar-refractivity contribution >= 4 is 5.84 Å². The Bertz CT molecular complexity index is 563. The molecule has 18 heavy (non-hydrogen) atoms. The Morgan fingerprint density at radius 1 is 1.17 bits per heavy atom. The number of amidine groups is 1. The molecule has 0 aliphatic carbocycles. The standard InChI is InChI=1S/C15H15N3/c16-15-14-6-2-1-5-13(14)11-18(15)9-7-12-4-3-8-17-10-12/h1-6,8,10,16H,7,9,11H2. The SMILES string of the molecule is N=C1c2ccccc2CN1CCc1cccnc1. The molecular formula is C15H15N3. The Balaban J connectivity index is 1.68. The van der Waals surface area contributed by atoms with E-state index in [4.69, 9.17) is 5.41 Å². The molecule has 2 heterocycles. The third kappa shape index (κ3) is 1.99. The van der Waals surface area contributed by atoms with Crippen LogP contribution in [0.5, 0.6) is 0 Å². The van der Waals surface area contributed by atoms with Gasteiger partial charge in [0.15, 0.2) is 0 Å². The summed E-state index contributed by atoms with van der Waals surface area (Å²) in [6.07, 6.45) is 4.62. The van der Waals surface area contributed by atoms with Gasteiger partial charge in [-0.2, -0.15) is 0 Å². The minimum atomic E-state index is 0.648. The van der Waals surface area contributed by atoms with E-state index in [2.05, 4.69) is 22.0 Å². The van der Waals surface area contributed by atoms with E-state index in [-0.39, 0.29) is 0 Å². The van der Waals surface area contributed by atoms with Crippen molar-refractivity contribution in [1.82, 2.24) is 9.88 Å². The van der Waals surface area contributed by atoms with Crippen molar-refractivity contribution in [2.75, 3.05) is 6.54 Å². The normalized spacial score (nSPS) is 13.8. The van der Waals surface area contributed by atoms with Gasteiger partial charge in [-0.25, -0.2) is 0 Å². The molecule has 3 rings (SSSR count). The lowest BCUT2D eigenvalue weighted by Gasteiger charge is -2.17. The van der Waals surface area contributed by atoms with Gasteiger partial charge in [-0.05, 0) is 23.6 Å². The number of hydrogen-bond acceptors (Lipinski definition) is 2. The number of hydrogen-bond donors (Lipinski definition) is 1. The lowest BCUT2D eigenvalue weighted by atomic mass is 10.1. The number of pyridine rings is 1. The molecule has 3 heteroatoms. The van der Waals surface area contributed by atoms with Crippen molar-refractivity contribution in [1.29, 1.82) is 5.41 Å². The molecule has 0 unspecified atom stereocenters. The Morgan fingerprint density at radius 3 is 2.83 bits per heavy atom. The molecule has 1 aliphatic rings. The van der Waals surface area contributed by atoms with Crippen molar-refractivity contribution in [2.24, 2.45) is 0 Å². The van der Waals surface area contributed by atoms with Crippen molar-refractivity contribution in [2.45, 2.75) is 13.0 Å². The van der Waals surface area contributed by atoms with Crippen LogP contribution in [-0.2, 0) is 13.0 Å². The maximum Gasteiger partial charge on any atom is 0.128 e. The second-order valence-corrected chi connectivity index (χ2v) is 4.54. The van der Waals surface area contributed by atoms with Crippen LogP contribution in [0.25, 0.3) is 0 Å². The van der Waals surface area contributed by atoms with E-state index in [0.717, 1.165) is 25.1 Å². The largest absolute Gasteiger partial charge is 0.352 e. The highest BCUT2D eigenvalue weighted by molar-refractivity contribution is 6.00. The summed E-state index contributed by atoms with van der Waals surface area (Å²) in [6, 6.07) is 12.2. The molecule has 90 valence electrons. The van der Waals surface area contributed by atoms with Crippen molar-refractivity contribution < 1.29 is 0 Å². The van der Waals surface area contributed by atoms with Gasteiger partial charge in [0.1, 0.15) is 5.84 Å². The maximum absolute atomic E-state index is 8.16. The average molecular weight is 237 g/mol. The van der Waals surface area contributed by atoms with Gasteiger partial charge < -0.3 is 4.90 Å². The monoisotopic (exact) mass is 237 g/mol. The average Bonchev–Trinajstić information content (AvgIpc) is 2.75. The van der Waals surface area contributed by atoms with Crippen molar-refractivity contribution in [3.63, 3.8) is 0 Å². The van der Waals surface area contributed by atoms with Crippen LogP contribution in [0.3, 0.4) is 0 Å². The van der Waals surface area contributed by atoms with Gasteiger partial charge in [-0.15, -0.1) is 0 Å². The predicted molar refractivity (Wildman–Crippen MR) is 71.6 cm³/mol. The molecule has 1 aliphatic heterocycles. The quantitative estimate of drug-likeness (QED) is 0.890. The molecule has 0 atom stereocenters. The lowest BCUT2D eigenvalue weighted by Crippen LogP contribution is -2.26. The van der Waals surface area contributed by atoms with E-state index in [1.165, 1.54) is 11.1 Å². The zero-order valence-electron chi connectivity index (χ0n) is 10.1. The maximum atomic E-state index is 8.16. The van der Waals surface area contributed by atoms with Crippen LogP contribution >= 0.6 is 0 Å². The molecule has 0 amide bonds. The molecule has 0 spiro atoms. The van der Waals surface area contributed by atoms with Crippen LogP contribution in [0.1, 0.15) is 16.7 Å². The molecule has 1 N–H and O–H groups in total. The fourth-order valence-corrected chi connectivity index (χ4v) is 2.35. The number of aromatic nitrogens is 1. The third-order valence-electron chi connectivity index (χ3n) is 3.34. The van der Waals surface area contributed by atoms with Gasteiger partial charge in [-0.3, -0.25) is 10.4 Å². The Labute approximate surface area is 107 Å². The van der Waals surface area contributed by atoms with E-state index in [9.17, 15) is 0 Å². The second kappa shape index (κ2) is 4.61. The van der Waals surface area contributed by atoms with Gasteiger partial charge in [0, 0.05) is 31.0 Å². The Kier molecular flexibility index (Phi) is 2.81. The van der Waals surface area contributed by atoms with Crippen LogP contribution in [0.4, 0.5) is 0 Å². The first-order chi connectivity index (χ1) is 8.84. The Morgan fingerprint density at radius 2 is 2.06 bits per heavy atom. The molecule has 0 radical (unpaired) electrons. The van der Waals surface area contributed by atoms with Gasteiger partial charge in [0.25, 0.3) is 0 Å². The third-order valence-corrected chi connectivity index (χ3v) is 3.34. The zero-order chi connectivity index (χ0) is 12.4. The van der Waals surface area contributed by atoms with Crippen LogP contribution in [0, 0.1) is 5.41 Å². The highest BCUT2D eigenvalue weighted by Crippen LogP contribution is 2.22. The summed E-state index contributed by atoms with van der Waals surface area (Å²) in [4.78, 5) is 6.24. The molecule has 2 aromatic rings. The van der Waals surface area contributed by atoms with Crippen LogP contribution in [0.15, 0.2) is 48.8 Å². The molecule has 0 saturated heterocycles. The molecule has 3 nitrogen and oxygen atoms in total. The summed E-state index contributed by atoms with van der Waals surface area (Å²) in [5.41, 5.74) is 3.55. The lowest BCUT2D eigenvalue weighted by molar-refractivity contribution is 0.432. The van der Waals surface area contributed by atoms with Crippen LogP contribution in [-0.4, -0.2) is 22.3 Å². The van der Waals surface area contributed by atoms with Crippen LogP contribution < -0.4 is 0 Å². The Hall–Kier alpha value is -2.16. The predicted octanol–water partition coefficient (Wildman–Crippen LogP) is 2.47. The smallest absolute Gasteiger partial charge is 0.128 e. The van der Waals surface area contributed by atoms with Crippen molar-refractivity contribution in [3.05, 3.63) is 65.5 Å². The van der Waals surface area contributed by atoms with Crippen molar-refractivity contribution in [3.8, 4) is 0 Å². The number of benzene rings is 1. The summed E-state index contributed by atoms with van der Waals surface area (Å²) in [7, 11) is 0. The van der Waals surface area contributed by atoms with Crippen LogP contribution in [0.2, 0.25) is 0 Å². The summed E-state index contributed by atoms with van der Waals surface area (Å²) in [5.74, 6) is 0.648. The fourth-order valence-electron chi connectivity index (χ4n) is 2.35. The topological polar surface area (TPSA) is 40.0 Å². The highest BCUT2D eigenvalue weighted by Gasteiger charge is 2.22. The molecule has 0 bridgehead atoms. The first kappa shape index (κ1) is 11.0. The van der Waals surface area contributed by atoms with Gasteiger partial charge >= 0.3 is 0 Å². The first-order valence-electron chi connectivity index (χ1n) is 6.15. The minimum Gasteiger partial charge on any atom is -0.352 e. The molecular weight excluding hydrogens is 222 g/mol. The zero-order valence-corrected chi connectivity index (χ0v) is 10.1. The number of rotatable bonds is 3.